The van der Waals surface area contributed by atoms with E-state index in [0.29, 0.717) is 6.61 Å². The molecule has 0 aliphatic carbocycles. The molecule has 0 bridgehead atoms. The Morgan fingerprint density at radius 2 is 1.72 bits per heavy atom. The van der Waals surface area contributed by atoms with Gasteiger partial charge in [-0.05, 0) is 52.5 Å². The molecule has 0 saturated carbocycles. The topological polar surface area (TPSA) is 36.3 Å². The van der Waals surface area contributed by atoms with Gasteiger partial charge < -0.3 is 9.47 Å². The van der Waals surface area contributed by atoms with Crippen LogP contribution in [0.2, 0.25) is 0 Å². The van der Waals surface area contributed by atoms with Crippen molar-refractivity contribution in [2.24, 2.45) is 0 Å². The van der Waals surface area contributed by atoms with Crippen LogP contribution in [-0.2, 0) is 19.6 Å². The first-order valence-electron chi connectivity index (χ1n) is 8.20. The third kappa shape index (κ3) is 4.42. The lowest BCUT2D eigenvalue weighted by Crippen LogP contribution is -2.04. The highest BCUT2D eigenvalue weighted by atomic mass is 79.9. The third-order valence-corrected chi connectivity index (χ3v) is 4.78. The Bertz CT molecular complexity index is 814. The minimum atomic E-state index is 0.532. The van der Waals surface area contributed by atoms with E-state index in [2.05, 4.69) is 45.3 Å². The van der Waals surface area contributed by atoms with Gasteiger partial charge in [-0.2, -0.15) is 5.10 Å². The summed E-state index contributed by atoms with van der Waals surface area (Å²) in [5.41, 5.74) is 3.27. The highest BCUT2D eigenvalue weighted by molar-refractivity contribution is 9.10. The minimum Gasteiger partial charge on any atom is -0.497 e. The van der Waals surface area contributed by atoms with Crippen molar-refractivity contribution in [1.82, 2.24) is 9.78 Å². The van der Waals surface area contributed by atoms with Gasteiger partial charge in [0.1, 0.15) is 22.7 Å². The Balaban J connectivity index is 1.64. The van der Waals surface area contributed by atoms with Gasteiger partial charge >= 0.3 is 0 Å². The Hall–Kier alpha value is -2.27. The fraction of sp³-hybridized carbons (Fsp3) is 0.250. The maximum Gasteiger partial charge on any atom is 0.175 e. The molecule has 0 amide bonds. The predicted molar refractivity (Wildman–Crippen MR) is 102 cm³/mol. The average Bonchev–Trinajstić information content (AvgIpc) is 2.93. The van der Waals surface area contributed by atoms with Gasteiger partial charge in [-0.15, -0.1) is 0 Å². The van der Waals surface area contributed by atoms with E-state index in [1.807, 2.05) is 41.9 Å². The van der Waals surface area contributed by atoms with Crippen molar-refractivity contribution in [3.63, 3.8) is 0 Å². The summed E-state index contributed by atoms with van der Waals surface area (Å²) < 4.78 is 14.0. The first-order chi connectivity index (χ1) is 12.2. The zero-order valence-corrected chi connectivity index (χ0v) is 16.0. The molecule has 3 rings (SSSR count). The summed E-state index contributed by atoms with van der Waals surface area (Å²) in [5, 5.41) is 4.59. The smallest absolute Gasteiger partial charge is 0.175 e. The summed E-state index contributed by atoms with van der Waals surface area (Å²) in [5.74, 6) is 1.68. The number of halogens is 1. The Labute approximate surface area is 156 Å². The zero-order chi connectivity index (χ0) is 17.6. The van der Waals surface area contributed by atoms with Gasteiger partial charge in [0.25, 0.3) is 0 Å². The summed E-state index contributed by atoms with van der Waals surface area (Å²) in [7, 11) is 1.68. The fourth-order valence-electron chi connectivity index (χ4n) is 2.61. The van der Waals surface area contributed by atoms with E-state index in [1.165, 1.54) is 5.56 Å². The molecule has 0 aliphatic rings. The second-order valence-corrected chi connectivity index (χ2v) is 6.55. The first-order valence-corrected chi connectivity index (χ1v) is 8.99. The second kappa shape index (κ2) is 8.21. The Morgan fingerprint density at radius 3 is 2.40 bits per heavy atom. The second-order valence-electron chi connectivity index (χ2n) is 5.80. The van der Waals surface area contributed by atoms with E-state index in [4.69, 9.17) is 9.47 Å². The van der Waals surface area contributed by atoms with Gasteiger partial charge in [-0.3, -0.25) is 4.68 Å². The van der Waals surface area contributed by atoms with Gasteiger partial charge in [0.15, 0.2) is 5.75 Å². The lowest BCUT2D eigenvalue weighted by Gasteiger charge is -2.07. The minimum absolute atomic E-state index is 0.532. The van der Waals surface area contributed by atoms with Crippen LogP contribution < -0.4 is 9.47 Å². The fourth-order valence-corrected chi connectivity index (χ4v) is 3.26. The molecule has 1 aromatic heterocycles. The number of methoxy groups -OCH3 is 1. The number of aromatic nitrogens is 2. The van der Waals surface area contributed by atoms with Crippen LogP contribution in [0.4, 0.5) is 0 Å². The van der Waals surface area contributed by atoms with Crippen LogP contribution in [0, 0.1) is 6.92 Å². The standard InChI is InChI=1S/C20H21BrN2O2/c1-15-19(25-14-17-6-4-3-5-7-17)20(21)23(22-15)13-12-16-8-10-18(24-2)11-9-16/h3-11H,12-14H2,1-2H3. The number of nitrogens with zero attached hydrogens (tertiary/aromatic N) is 2. The maximum absolute atomic E-state index is 5.97. The van der Waals surface area contributed by atoms with Crippen LogP contribution in [0.15, 0.2) is 59.2 Å². The van der Waals surface area contributed by atoms with Crippen molar-refractivity contribution in [3.05, 3.63) is 76.0 Å². The Morgan fingerprint density at radius 1 is 1.00 bits per heavy atom. The number of aryl methyl sites for hydroxylation is 3. The summed E-state index contributed by atoms with van der Waals surface area (Å²) in [6.07, 6.45) is 0.891. The molecule has 25 heavy (non-hydrogen) atoms. The van der Waals surface area contributed by atoms with Crippen LogP contribution in [-0.4, -0.2) is 16.9 Å². The first kappa shape index (κ1) is 17.5. The van der Waals surface area contributed by atoms with Crippen molar-refractivity contribution in [2.75, 3.05) is 7.11 Å². The molecule has 0 radical (unpaired) electrons. The highest BCUT2D eigenvalue weighted by Gasteiger charge is 2.14. The largest absolute Gasteiger partial charge is 0.497 e. The number of hydrogen-bond acceptors (Lipinski definition) is 3. The van der Waals surface area contributed by atoms with Gasteiger partial charge in [0.05, 0.1) is 7.11 Å². The van der Waals surface area contributed by atoms with Gasteiger partial charge in [-0.25, -0.2) is 0 Å². The van der Waals surface area contributed by atoms with E-state index < -0.39 is 0 Å². The average molecular weight is 401 g/mol. The van der Waals surface area contributed by atoms with Crippen molar-refractivity contribution < 1.29 is 9.47 Å². The molecule has 0 saturated heterocycles. The molecule has 1 heterocycles. The van der Waals surface area contributed by atoms with E-state index >= 15 is 0 Å². The molecule has 4 nitrogen and oxygen atoms in total. The predicted octanol–water partition coefficient (Wildman–Crippen LogP) is 4.78. The lowest BCUT2D eigenvalue weighted by molar-refractivity contribution is 0.301. The normalized spacial score (nSPS) is 10.7. The maximum atomic E-state index is 5.97. The van der Waals surface area contributed by atoms with Crippen LogP contribution in [0.1, 0.15) is 16.8 Å². The number of ether oxygens (including phenoxy) is 2. The lowest BCUT2D eigenvalue weighted by atomic mass is 10.1. The van der Waals surface area contributed by atoms with Crippen molar-refractivity contribution in [3.8, 4) is 11.5 Å². The van der Waals surface area contributed by atoms with Crippen molar-refractivity contribution in [1.29, 1.82) is 0 Å². The summed E-state index contributed by atoms with van der Waals surface area (Å²) in [6.45, 7) is 3.28. The molecule has 0 fully saturated rings. The van der Waals surface area contributed by atoms with Gasteiger partial charge in [0, 0.05) is 6.54 Å². The van der Waals surface area contributed by atoms with Gasteiger partial charge in [-0.1, -0.05) is 42.5 Å². The molecule has 3 aromatic rings. The van der Waals surface area contributed by atoms with Crippen LogP contribution in [0.25, 0.3) is 0 Å². The van der Waals surface area contributed by atoms with Crippen molar-refractivity contribution in [2.45, 2.75) is 26.5 Å². The SMILES string of the molecule is COc1ccc(CCn2nc(C)c(OCc3ccccc3)c2Br)cc1. The molecular weight excluding hydrogens is 380 g/mol. The van der Waals surface area contributed by atoms with E-state index in [-0.39, 0.29) is 0 Å². The quantitative estimate of drug-likeness (QED) is 0.572. The van der Waals surface area contributed by atoms with Gasteiger partial charge in [0.2, 0.25) is 0 Å². The molecule has 0 unspecified atom stereocenters. The molecular formula is C20H21BrN2O2. The van der Waals surface area contributed by atoms with Crippen LogP contribution in [0.3, 0.4) is 0 Å². The van der Waals surface area contributed by atoms with Crippen molar-refractivity contribution >= 4 is 15.9 Å². The number of hydrogen-bond donors (Lipinski definition) is 0. The van der Waals surface area contributed by atoms with E-state index in [1.54, 1.807) is 7.11 Å². The number of rotatable bonds is 7. The molecule has 5 heteroatoms. The highest BCUT2D eigenvalue weighted by Crippen LogP contribution is 2.29. The third-order valence-electron chi connectivity index (χ3n) is 4.01. The number of benzene rings is 2. The van der Waals surface area contributed by atoms with Crippen LogP contribution >= 0.6 is 15.9 Å². The molecule has 130 valence electrons. The monoisotopic (exact) mass is 400 g/mol. The van der Waals surface area contributed by atoms with E-state index in [0.717, 1.165) is 40.3 Å². The summed E-state index contributed by atoms with van der Waals surface area (Å²) >= 11 is 3.63. The Kier molecular flexibility index (Phi) is 5.76. The molecule has 0 spiro atoms. The molecule has 0 atom stereocenters. The molecule has 0 aliphatic heterocycles. The zero-order valence-electron chi connectivity index (χ0n) is 14.4. The summed E-state index contributed by atoms with van der Waals surface area (Å²) in [4.78, 5) is 0. The molecule has 0 N–H and O–H groups in total. The molecule has 2 aromatic carbocycles. The van der Waals surface area contributed by atoms with Crippen LogP contribution in [0.5, 0.6) is 11.5 Å². The summed E-state index contributed by atoms with van der Waals surface area (Å²) in [6, 6.07) is 18.3. The van der Waals surface area contributed by atoms with E-state index in [9.17, 15) is 0 Å².